The molecule has 3 rings (SSSR count). The Bertz CT molecular complexity index is 961. The second kappa shape index (κ2) is 7.95. The van der Waals surface area contributed by atoms with E-state index in [1.165, 1.54) is 6.07 Å². The summed E-state index contributed by atoms with van der Waals surface area (Å²) in [5, 5.41) is 18.2. The van der Waals surface area contributed by atoms with Gasteiger partial charge in [0.05, 0.1) is 21.2 Å². The monoisotopic (exact) mass is 383 g/mol. The lowest BCUT2D eigenvalue weighted by Gasteiger charge is -2.12. The molecule has 0 bridgehead atoms. The van der Waals surface area contributed by atoms with Crippen molar-refractivity contribution in [1.29, 1.82) is 0 Å². The van der Waals surface area contributed by atoms with E-state index in [1.54, 1.807) is 24.3 Å². The molecular formula is C19H14ClN3O2S. The predicted octanol–water partition coefficient (Wildman–Crippen LogP) is 5.72. The minimum absolute atomic E-state index is 0.0733. The van der Waals surface area contributed by atoms with Crippen molar-refractivity contribution in [2.45, 2.75) is 0 Å². The molecule has 2 N–H and O–H groups in total. The highest BCUT2D eigenvalue weighted by molar-refractivity contribution is 7.80. The van der Waals surface area contributed by atoms with Crippen LogP contribution in [0.3, 0.4) is 0 Å². The molecule has 0 atom stereocenters. The molecule has 0 spiro atoms. The number of hydrogen-bond donors (Lipinski definition) is 2. The van der Waals surface area contributed by atoms with Crippen molar-refractivity contribution in [1.82, 2.24) is 0 Å². The van der Waals surface area contributed by atoms with Crippen LogP contribution in [-0.4, -0.2) is 10.0 Å². The van der Waals surface area contributed by atoms with Crippen LogP contribution in [0.4, 0.5) is 17.1 Å². The molecule has 0 saturated carbocycles. The highest BCUT2D eigenvalue weighted by atomic mass is 35.5. The zero-order valence-corrected chi connectivity index (χ0v) is 15.1. The van der Waals surface area contributed by atoms with Gasteiger partial charge in [0, 0.05) is 11.8 Å². The lowest BCUT2D eigenvalue weighted by molar-refractivity contribution is -0.384. The van der Waals surface area contributed by atoms with Crippen LogP contribution in [-0.2, 0) is 0 Å². The molecule has 0 heterocycles. The van der Waals surface area contributed by atoms with Crippen LogP contribution in [0.15, 0.2) is 72.8 Å². The molecule has 5 nitrogen and oxygen atoms in total. The van der Waals surface area contributed by atoms with Crippen LogP contribution < -0.4 is 10.6 Å². The number of nitro groups is 1. The smallest absolute Gasteiger partial charge is 0.277 e. The molecule has 0 saturated heterocycles. The van der Waals surface area contributed by atoms with E-state index >= 15 is 0 Å². The molecule has 0 aromatic heterocycles. The average molecular weight is 384 g/mol. The fraction of sp³-hybridized carbons (Fsp3) is 0. The van der Waals surface area contributed by atoms with Gasteiger partial charge in [0.1, 0.15) is 0 Å². The Morgan fingerprint density at radius 1 is 0.923 bits per heavy atom. The third-order valence-electron chi connectivity index (χ3n) is 3.68. The summed E-state index contributed by atoms with van der Waals surface area (Å²) in [4.78, 5) is 10.8. The molecule has 0 aliphatic rings. The number of anilines is 2. The number of benzene rings is 3. The molecular weight excluding hydrogens is 370 g/mol. The normalized spacial score (nSPS) is 10.2. The fourth-order valence-electron chi connectivity index (χ4n) is 2.46. The van der Waals surface area contributed by atoms with Crippen molar-refractivity contribution in [2.75, 3.05) is 10.6 Å². The Kier molecular flexibility index (Phi) is 5.46. The fourth-order valence-corrected chi connectivity index (χ4v) is 2.87. The van der Waals surface area contributed by atoms with Gasteiger partial charge in [-0.15, -0.1) is 0 Å². The van der Waals surface area contributed by atoms with Crippen molar-refractivity contribution >= 4 is 46.0 Å². The highest BCUT2D eigenvalue weighted by Gasteiger charge is 2.13. The van der Waals surface area contributed by atoms with E-state index in [0.29, 0.717) is 21.4 Å². The summed E-state index contributed by atoms with van der Waals surface area (Å²) in [6.45, 7) is 0. The number of nitrogens with zero attached hydrogens (tertiary/aromatic N) is 1. The molecule has 130 valence electrons. The Hall–Kier alpha value is -2.96. The largest absolute Gasteiger partial charge is 0.332 e. The van der Waals surface area contributed by atoms with Crippen LogP contribution in [0.25, 0.3) is 11.1 Å². The number of halogens is 1. The molecule has 0 aliphatic carbocycles. The SMILES string of the molecule is O=[N+]([O-])c1ccccc1-c1ccc(NC(=S)Nc2ccccc2Cl)cc1. The molecule has 0 radical (unpaired) electrons. The van der Waals surface area contributed by atoms with Crippen molar-refractivity contribution in [3.63, 3.8) is 0 Å². The van der Waals surface area contributed by atoms with Crippen LogP contribution in [0.1, 0.15) is 0 Å². The molecule has 3 aromatic carbocycles. The number of nitrogens with one attached hydrogen (secondary N) is 2. The van der Waals surface area contributed by atoms with Crippen molar-refractivity contribution in [3.8, 4) is 11.1 Å². The zero-order valence-electron chi connectivity index (χ0n) is 13.5. The van der Waals surface area contributed by atoms with Gasteiger partial charge in [-0.1, -0.05) is 48.0 Å². The molecule has 0 amide bonds. The first kappa shape index (κ1) is 17.8. The standard InChI is InChI=1S/C19H14ClN3O2S/c20-16-6-2-3-7-17(16)22-19(26)21-14-11-9-13(10-12-14)15-5-1-4-8-18(15)23(24)25/h1-12H,(H2,21,22,26). The van der Waals surface area contributed by atoms with Gasteiger partial charge in [0.15, 0.2) is 5.11 Å². The summed E-state index contributed by atoms with van der Waals surface area (Å²) in [5.74, 6) is 0. The molecule has 7 heteroatoms. The summed E-state index contributed by atoms with van der Waals surface area (Å²) in [6.07, 6.45) is 0. The van der Waals surface area contributed by atoms with Crippen molar-refractivity contribution in [2.24, 2.45) is 0 Å². The number of para-hydroxylation sites is 2. The van der Waals surface area contributed by atoms with Gasteiger partial charge < -0.3 is 10.6 Å². The van der Waals surface area contributed by atoms with Crippen LogP contribution in [0.5, 0.6) is 0 Å². The van der Waals surface area contributed by atoms with E-state index in [-0.39, 0.29) is 10.6 Å². The van der Waals surface area contributed by atoms with Gasteiger partial charge in [-0.3, -0.25) is 10.1 Å². The van der Waals surface area contributed by atoms with E-state index in [4.69, 9.17) is 23.8 Å². The van der Waals surface area contributed by atoms with E-state index in [0.717, 1.165) is 11.3 Å². The quantitative estimate of drug-likeness (QED) is 0.342. The third kappa shape index (κ3) is 4.17. The Labute approximate surface area is 160 Å². The molecule has 26 heavy (non-hydrogen) atoms. The predicted molar refractivity (Wildman–Crippen MR) is 110 cm³/mol. The minimum atomic E-state index is -0.385. The number of thiocarbonyl (C=S) groups is 1. The Morgan fingerprint density at radius 3 is 2.27 bits per heavy atom. The Morgan fingerprint density at radius 2 is 1.58 bits per heavy atom. The molecule has 0 fully saturated rings. The zero-order chi connectivity index (χ0) is 18.5. The van der Waals surface area contributed by atoms with Gasteiger partial charge in [-0.05, 0) is 48.1 Å². The number of hydrogen-bond acceptors (Lipinski definition) is 3. The topological polar surface area (TPSA) is 67.2 Å². The maximum atomic E-state index is 11.2. The second-order valence-electron chi connectivity index (χ2n) is 5.41. The summed E-state index contributed by atoms with van der Waals surface area (Å²) >= 11 is 11.4. The molecule has 3 aromatic rings. The molecule has 0 aliphatic heterocycles. The van der Waals surface area contributed by atoms with Crippen LogP contribution in [0, 0.1) is 10.1 Å². The van der Waals surface area contributed by atoms with Crippen molar-refractivity contribution < 1.29 is 4.92 Å². The number of nitro benzene ring substituents is 1. The van der Waals surface area contributed by atoms with Gasteiger partial charge >= 0.3 is 0 Å². The van der Waals surface area contributed by atoms with Gasteiger partial charge in [0.25, 0.3) is 5.69 Å². The third-order valence-corrected chi connectivity index (χ3v) is 4.21. The summed E-state index contributed by atoms with van der Waals surface area (Å²) in [6, 6.07) is 21.2. The van der Waals surface area contributed by atoms with Gasteiger partial charge in [-0.2, -0.15) is 0 Å². The highest BCUT2D eigenvalue weighted by Crippen LogP contribution is 2.30. The first-order chi connectivity index (χ1) is 12.5. The van der Waals surface area contributed by atoms with E-state index < -0.39 is 0 Å². The van der Waals surface area contributed by atoms with E-state index in [2.05, 4.69) is 10.6 Å². The first-order valence-corrected chi connectivity index (χ1v) is 8.49. The maximum Gasteiger partial charge on any atom is 0.277 e. The van der Waals surface area contributed by atoms with Crippen LogP contribution >= 0.6 is 23.8 Å². The first-order valence-electron chi connectivity index (χ1n) is 7.71. The lowest BCUT2D eigenvalue weighted by atomic mass is 10.0. The lowest BCUT2D eigenvalue weighted by Crippen LogP contribution is -2.19. The minimum Gasteiger partial charge on any atom is -0.332 e. The maximum absolute atomic E-state index is 11.2. The molecule has 0 unspecified atom stereocenters. The summed E-state index contributed by atoms with van der Waals surface area (Å²) in [7, 11) is 0. The van der Waals surface area contributed by atoms with Gasteiger partial charge in [0.2, 0.25) is 0 Å². The summed E-state index contributed by atoms with van der Waals surface area (Å²) < 4.78 is 0. The summed E-state index contributed by atoms with van der Waals surface area (Å²) in [5.41, 5.74) is 2.87. The van der Waals surface area contributed by atoms with E-state index in [9.17, 15) is 10.1 Å². The number of rotatable bonds is 4. The average Bonchev–Trinajstić information content (AvgIpc) is 2.64. The second-order valence-corrected chi connectivity index (χ2v) is 6.23. The van der Waals surface area contributed by atoms with Crippen molar-refractivity contribution in [3.05, 3.63) is 87.9 Å². The van der Waals surface area contributed by atoms with Gasteiger partial charge in [-0.25, -0.2) is 0 Å². The van der Waals surface area contributed by atoms with E-state index in [1.807, 2.05) is 42.5 Å². The van der Waals surface area contributed by atoms with Crippen LogP contribution in [0.2, 0.25) is 5.02 Å². The Balaban J connectivity index is 1.73.